The van der Waals surface area contributed by atoms with Crippen molar-refractivity contribution in [3.63, 3.8) is 0 Å². The van der Waals surface area contributed by atoms with E-state index in [2.05, 4.69) is 52.1 Å². The van der Waals surface area contributed by atoms with E-state index in [-0.39, 0.29) is 23.6 Å². The summed E-state index contributed by atoms with van der Waals surface area (Å²) in [5.41, 5.74) is 0.917. The molecule has 0 amide bonds. The number of hydrogen-bond acceptors (Lipinski definition) is 10. The van der Waals surface area contributed by atoms with Crippen LogP contribution >= 0.6 is 31.9 Å². The van der Waals surface area contributed by atoms with Crippen LogP contribution in [0.15, 0.2) is 27.7 Å². The molecule has 4 rings (SSSR count). The second-order valence-electron chi connectivity index (χ2n) is 6.64. The number of fused-ring (bicyclic) bond motifs is 1. The minimum absolute atomic E-state index is 0.0303. The lowest BCUT2D eigenvalue weighted by atomic mass is 10.1. The van der Waals surface area contributed by atoms with Crippen LogP contribution in [0.25, 0.3) is 11.2 Å². The van der Waals surface area contributed by atoms with Crippen molar-refractivity contribution < 1.29 is 30.3 Å². The summed E-state index contributed by atoms with van der Waals surface area (Å²) in [6.45, 7) is -0.416. The fourth-order valence-corrected chi connectivity index (χ4v) is 4.51. The summed E-state index contributed by atoms with van der Waals surface area (Å²) in [6.07, 6.45) is -1.78. The highest BCUT2D eigenvalue weighted by Crippen LogP contribution is 2.40. The smallest absolute Gasteiger partial charge is 0.167 e. The third-order valence-electron chi connectivity index (χ3n) is 4.86. The number of ether oxygens (including phenoxy) is 1. The van der Waals surface area contributed by atoms with Crippen LogP contribution in [-0.2, 0) is 11.3 Å². The summed E-state index contributed by atoms with van der Waals surface area (Å²) < 4.78 is 7.79. The van der Waals surface area contributed by atoms with Gasteiger partial charge in [0.05, 0.1) is 27.4 Å². The van der Waals surface area contributed by atoms with Crippen molar-refractivity contribution >= 4 is 48.8 Å². The van der Waals surface area contributed by atoms with E-state index in [4.69, 9.17) is 4.74 Å². The molecule has 11 nitrogen and oxygen atoms in total. The first-order chi connectivity index (χ1) is 14.3. The van der Waals surface area contributed by atoms with E-state index in [0.717, 1.165) is 0 Å². The molecule has 1 aliphatic heterocycles. The molecule has 0 saturated carbocycles. The zero-order valence-corrected chi connectivity index (χ0v) is 18.3. The number of hydrogen-bond donors (Lipinski definition) is 6. The van der Waals surface area contributed by atoms with Gasteiger partial charge in [-0.25, -0.2) is 15.0 Å². The Morgan fingerprint density at radius 1 is 1.07 bits per heavy atom. The Labute approximate surface area is 186 Å². The van der Waals surface area contributed by atoms with Gasteiger partial charge < -0.3 is 35.6 Å². The number of aromatic nitrogens is 4. The van der Waals surface area contributed by atoms with Gasteiger partial charge in [-0.15, -0.1) is 0 Å². The minimum atomic E-state index is -1.28. The van der Waals surface area contributed by atoms with Crippen molar-refractivity contribution in [3.05, 3.63) is 33.2 Å². The average Bonchev–Trinajstić information content (AvgIpc) is 3.28. The fraction of sp³-hybridized carbons (Fsp3) is 0.353. The van der Waals surface area contributed by atoms with Crippen LogP contribution in [0.3, 0.4) is 0 Å². The Morgan fingerprint density at radius 2 is 1.77 bits per heavy atom. The van der Waals surface area contributed by atoms with Crippen LogP contribution in [0, 0.1) is 0 Å². The number of halogens is 2. The van der Waals surface area contributed by atoms with E-state index in [9.17, 15) is 25.5 Å². The summed E-state index contributed by atoms with van der Waals surface area (Å²) >= 11 is 6.45. The lowest BCUT2D eigenvalue weighted by Gasteiger charge is -2.16. The van der Waals surface area contributed by atoms with Gasteiger partial charge in [0.1, 0.15) is 36.1 Å². The molecule has 1 aliphatic rings. The normalized spacial score (nSPS) is 23.9. The lowest BCUT2D eigenvalue weighted by Crippen LogP contribution is -2.33. The standard InChI is InChI=1S/C17H17Br2N5O6/c18-7-1-8(19)12(27)6(11(7)26)2-20-15-10-16(22-4-21-15)24(5-23-10)17-14(29)13(28)9(3-25)30-17/h1,4-5,9,13-14,17,25-29H,2-3H2,(H,20,21,22)/t9-,13-,14-,17-/m1/s1. The highest BCUT2D eigenvalue weighted by molar-refractivity contribution is 9.11. The predicted octanol–water partition coefficient (Wildman–Crippen LogP) is 0.986. The maximum atomic E-state index is 10.3. The van der Waals surface area contributed by atoms with Gasteiger partial charge >= 0.3 is 0 Å². The van der Waals surface area contributed by atoms with Crippen molar-refractivity contribution in [2.45, 2.75) is 31.1 Å². The first kappa shape index (κ1) is 21.2. The molecular formula is C17H17Br2N5O6. The zero-order valence-electron chi connectivity index (χ0n) is 15.1. The summed E-state index contributed by atoms with van der Waals surface area (Å²) in [5.74, 6) is 0.0801. The van der Waals surface area contributed by atoms with Gasteiger partial charge in [-0.1, -0.05) is 0 Å². The van der Waals surface area contributed by atoms with Crippen LogP contribution in [0.1, 0.15) is 11.8 Å². The molecule has 0 unspecified atom stereocenters. The third kappa shape index (κ3) is 3.50. The van der Waals surface area contributed by atoms with Gasteiger partial charge in [-0.3, -0.25) is 4.57 Å². The van der Waals surface area contributed by atoms with E-state index >= 15 is 0 Å². The summed E-state index contributed by atoms with van der Waals surface area (Å²) in [4.78, 5) is 12.6. The molecule has 0 bridgehead atoms. The minimum Gasteiger partial charge on any atom is -0.506 e. The van der Waals surface area contributed by atoms with E-state index in [1.807, 2.05) is 0 Å². The largest absolute Gasteiger partial charge is 0.506 e. The molecule has 3 heterocycles. The predicted molar refractivity (Wildman–Crippen MR) is 111 cm³/mol. The van der Waals surface area contributed by atoms with Crippen molar-refractivity contribution in [1.29, 1.82) is 0 Å². The van der Waals surface area contributed by atoms with Gasteiger partial charge in [0, 0.05) is 6.54 Å². The fourth-order valence-electron chi connectivity index (χ4n) is 3.27. The lowest BCUT2D eigenvalue weighted by molar-refractivity contribution is -0.0511. The number of phenols is 2. The molecule has 1 fully saturated rings. The number of aliphatic hydroxyl groups is 3. The zero-order chi connectivity index (χ0) is 21.6. The monoisotopic (exact) mass is 545 g/mol. The highest BCUT2D eigenvalue weighted by Gasteiger charge is 2.44. The number of benzene rings is 1. The number of anilines is 1. The molecule has 0 spiro atoms. The van der Waals surface area contributed by atoms with Gasteiger partial charge in [-0.05, 0) is 37.9 Å². The number of aromatic hydroxyl groups is 2. The number of nitrogens with one attached hydrogen (secondary N) is 1. The second-order valence-corrected chi connectivity index (χ2v) is 8.35. The van der Waals surface area contributed by atoms with Crippen molar-refractivity contribution in [2.75, 3.05) is 11.9 Å². The average molecular weight is 547 g/mol. The third-order valence-corrected chi connectivity index (χ3v) is 6.07. The quantitative estimate of drug-likeness (QED) is 0.271. The number of nitrogens with zero attached hydrogens (tertiary/aromatic N) is 4. The summed E-state index contributed by atoms with van der Waals surface area (Å²) in [5, 5.41) is 53.0. The van der Waals surface area contributed by atoms with Crippen LogP contribution in [-0.4, -0.2) is 70.0 Å². The van der Waals surface area contributed by atoms with Gasteiger partial charge in [0.15, 0.2) is 23.2 Å². The van der Waals surface area contributed by atoms with Crippen LogP contribution in [0.5, 0.6) is 11.5 Å². The first-order valence-corrected chi connectivity index (χ1v) is 10.3. The Kier molecular flexibility index (Phi) is 5.83. The van der Waals surface area contributed by atoms with E-state index in [0.29, 0.717) is 25.9 Å². The molecular weight excluding hydrogens is 530 g/mol. The number of phenolic OH excluding ortho intramolecular Hbond substituents is 2. The van der Waals surface area contributed by atoms with Gasteiger partial charge in [-0.2, -0.15) is 0 Å². The maximum Gasteiger partial charge on any atom is 0.167 e. The van der Waals surface area contributed by atoms with E-state index in [1.165, 1.54) is 23.3 Å². The van der Waals surface area contributed by atoms with Crippen LogP contribution in [0.2, 0.25) is 0 Å². The molecule has 1 saturated heterocycles. The molecule has 30 heavy (non-hydrogen) atoms. The number of imidazole rings is 1. The van der Waals surface area contributed by atoms with Crippen molar-refractivity contribution in [2.24, 2.45) is 0 Å². The number of rotatable bonds is 5. The Hall–Kier alpha value is -2.03. The van der Waals surface area contributed by atoms with E-state index < -0.39 is 31.1 Å². The molecule has 6 N–H and O–H groups in total. The molecule has 0 aliphatic carbocycles. The topological polar surface area (TPSA) is 166 Å². The number of aliphatic hydroxyl groups excluding tert-OH is 3. The molecule has 3 aromatic rings. The SMILES string of the molecule is OC[C@H]1O[C@@H](n2cnc3c(NCc4c(O)c(Br)cc(Br)c4O)ncnc32)[C@H](O)[C@@H]1O. The molecule has 0 radical (unpaired) electrons. The summed E-state index contributed by atoms with van der Waals surface area (Å²) in [6, 6.07) is 1.53. The van der Waals surface area contributed by atoms with Crippen LogP contribution < -0.4 is 5.32 Å². The first-order valence-electron chi connectivity index (χ1n) is 8.76. The van der Waals surface area contributed by atoms with Crippen molar-refractivity contribution in [3.8, 4) is 11.5 Å². The molecule has 1 aromatic carbocycles. The van der Waals surface area contributed by atoms with E-state index in [1.54, 1.807) is 0 Å². The molecule has 2 aromatic heterocycles. The maximum absolute atomic E-state index is 10.3. The Bertz CT molecular complexity index is 1070. The van der Waals surface area contributed by atoms with Gasteiger partial charge in [0.2, 0.25) is 0 Å². The Balaban J connectivity index is 1.64. The Morgan fingerprint density at radius 3 is 2.40 bits per heavy atom. The molecule has 13 heteroatoms. The molecule has 160 valence electrons. The highest BCUT2D eigenvalue weighted by atomic mass is 79.9. The van der Waals surface area contributed by atoms with Gasteiger partial charge in [0.25, 0.3) is 0 Å². The van der Waals surface area contributed by atoms with Crippen LogP contribution in [0.4, 0.5) is 5.82 Å². The van der Waals surface area contributed by atoms with Crippen molar-refractivity contribution in [1.82, 2.24) is 19.5 Å². The molecule has 4 atom stereocenters. The second kappa shape index (κ2) is 8.24. The summed E-state index contributed by atoms with van der Waals surface area (Å²) in [7, 11) is 0.